The molecule has 3 rings (SSSR count). The predicted molar refractivity (Wildman–Crippen MR) is 106 cm³/mol. The second-order valence-electron chi connectivity index (χ2n) is 6.50. The highest BCUT2D eigenvalue weighted by atomic mass is 32.2. The molecule has 1 aliphatic rings. The molecular formula is C21H26N2O2S. The van der Waals surface area contributed by atoms with Crippen molar-refractivity contribution in [3.8, 4) is 0 Å². The van der Waals surface area contributed by atoms with Gasteiger partial charge in [-0.3, -0.25) is 9.69 Å². The number of hydrogen-bond donors (Lipinski definition) is 1. The van der Waals surface area contributed by atoms with E-state index in [1.165, 1.54) is 5.56 Å². The van der Waals surface area contributed by atoms with E-state index in [2.05, 4.69) is 41.4 Å². The van der Waals surface area contributed by atoms with E-state index >= 15 is 0 Å². The van der Waals surface area contributed by atoms with Gasteiger partial charge in [0.1, 0.15) is 0 Å². The van der Waals surface area contributed by atoms with Crippen LogP contribution in [0, 0.1) is 6.92 Å². The smallest absolute Gasteiger partial charge is 0.230 e. The van der Waals surface area contributed by atoms with E-state index in [4.69, 9.17) is 4.74 Å². The first-order valence-electron chi connectivity index (χ1n) is 9.05. The molecule has 0 saturated carbocycles. The van der Waals surface area contributed by atoms with Crippen molar-refractivity contribution < 1.29 is 9.53 Å². The van der Waals surface area contributed by atoms with Crippen molar-refractivity contribution in [2.45, 2.75) is 17.9 Å². The van der Waals surface area contributed by atoms with Crippen LogP contribution in [0.2, 0.25) is 0 Å². The molecule has 1 heterocycles. The summed E-state index contributed by atoms with van der Waals surface area (Å²) in [5.74, 6) is 0.498. The Morgan fingerprint density at radius 3 is 2.54 bits per heavy atom. The van der Waals surface area contributed by atoms with Gasteiger partial charge in [0.2, 0.25) is 5.91 Å². The minimum absolute atomic E-state index is 0.000676. The van der Waals surface area contributed by atoms with Crippen LogP contribution in [0.1, 0.15) is 17.2 Å². The van der Waals surface area contributed by atoms with E-state index in [-0.39, 0.29) is 11.9 Å². The fourth-order valence-electron chi connectivity index (χ4n) is 3.06. The summed E-state index contributed by atoms with van der Waals surface area (Å²) < 4.78 is 5.43. The molecule has 0 spiro atoms. The van der Waals surface area contributed by atoms with Crippen LogP contribution in [-0.2, 0) is 9.53 Å². The first kappa shape index (κ1) is 19.0. The van der Waals surface area contributed by atoms with Crippen LogP contribution in [0.4, 0.5) is 0 Å². The lowest BCUT2D eigenvalue weighted by Gasteiger charge is -2.31. The average molecular weight is 371 g/mol. The molecule has 26 heavy (non-hydrogen) atoms. The summed E-state index contributed by atoms with van der Waals surface area (Å²) in [6.45, 7) is 6.24. The number of amides is 1. The average Bonchev–Trinajstić information content (AvgIpc) is 2.68. The Kier molecular flexibility index (Phi) is 7.12. The Bertz CT molecular complexity index is 702. The molecule has 0 bridgehead atoms. The Hall–Kier alpha value is -1.82. The first-order chi connectivity index (χ1) is 12.7. The molecule has 1 saturated heterocycles. The van der Waals surface area contributed by atoms with Crippen LogP contribution in [0.15, 0.2) is 59.5 Å². The van der Waals surface area contributed by atoms with Crippen molar-refractivity contribution in [3.63, 3.8) is 0 Å². The number of hydrogen-bond acceptors (Lipinski definition) is 4. The van der Waals surface area contributed by atoms with Gasteiger partial charge in [-0.15, -0.1) is 11.8 Å². The third-order valence-electron chi connectivity index (χ3n) is 4.53. The second-order valence-corrected chi connectivity index (χ2v) is 7.52. The summed E-state index contributed by atoms with van der Waals surface area (Å²) in [5, 5.41) is 3.23. The van der Waals surface area contributed by atoms with Gasteiger partial charge in [-0.1, -0.05) is 48.5 Å². The highest BCUT2D eigenvalue weighted by molar-refractivity contribution is 8.00. The van der Waals surface area contributed by atoms with E-state index in [1.54, 1.807) is 11.8 Å². The van der Waals surface area contributed by atoms with Gasteiger partial charge in [0.15, 0.2) is 0 Å². The summed E-state index contributed by atoms with van der Waals surface area (Å²) in [6.07, 6.45) is 0. The van der Waals surface area contributed by atoms with Gasteiger partial charge >= 0.3 is 0 Å². The molecular weight excluding hydrogens is 344 g/mol. The molecule has 2 aromatic carbocycles. The van der Waals surface area contributed by atoms with Crippen LogP contribution < -0.4 is 5.32 Å². The normalized spacial score (nSPS) is 16.2. The molecule has 1 N–H and O–H groups in total. The fraction of sp³-hybridized carbons (Fsp3) is 0.381. The number of aryl methyl sites for hydroxylation is 1. The van der Waals surface area contributed by atoms with E-state index in [1.807, 2.05) is 30.3 Å². The first-order valence-corrected chi connectivity index (χ1v) is 10.0. The van der Waals surface area contributed by atoms with Crippen molar-refractivity contribution in [2.24, 2.45) is 0 Å². The predicted octanol–water partition coefficient (Wildman–Crippen LogP) is 3.28. The Balaban J connectivity index is 1.61. The van der Waals surface area contributed by atoms with Gasteiger partial charge in [-0.2, -0.15) is 0 Å². The zero-order chi connectivity index (χ0) is 18.2. The zero-order valence-corrected chi connectivity index (χ0v) is 16.0. The highest BCUT2D eigenvalue weighted by Gasteiger charge is 2.20. The number of thioether (sulfide) groups is 1. The zero-order valence-electron chi connectivity index (χ0n) is 15.2. The molecule has 1 fully saturated rings. The fourth-order valence-corrected chi connectivity index (χ4v) is 3.90. The monoisotopic (exact) mass is 370 g/mol. The van der Waals surface area contributed by atoms with Crippen LogP contribution in [0.3, 0.4) is 0 Å². The van der Waals surface area contributed by atoms with Crippen LogP contribution in [0.5, 0.6) is 0 Å². The molecule has 138 valence electrons. The number of ether oxygens (including phenoxy) is 1. The van der Waals surface area contributed by atoms with E-state index in [0.717, 1.165) is 43.3 Å². The van der Waals surface area contributed by atoms with E-state index < -0.39 is 0 Å². The molecule has 0 radical (unpaired) electrons. The van der Waals surface area contributed by atoms with Crippen LogP contribution in [-0.4, -0.2) is 49.4 Å². The van der Waals surface area contributed by atoms with Gasteiger partial charge in [-0.05, 0) is 24.1 Å². The standard InChI is InChI=1S/C21H26N2O2S/c1-17-7-5-6-10-20(17)26-16-21(24)22-19(18-8-3-2-4-9-18)15-23-11-13-25-14-12-23/h2-10,19H,11-16H2,1H3,(H,22,24)/t19-/m1/s1. The molecule has 1 amide bonds. The van der Waals surface area contributed by atoms with Crippen molar-refractivity contribution >= 4 is 17.7 Å². The summed E-state index contributed by atoms with van der Waals surface area (Å²) in [7, 11) is 0. The van der Waals surface area contributed by atoms with Gasteiger partial charge in [-0.25, -0.2) is 0 Å². The number of benzene rings is 2. The lowest BCUT2D eigenvalue weighted by atomic mass is 10.1. The molecule has 1 aliphatic heterocycles. The van der Waals surface area contributed by atoms with Gasteiger partial charge in [0.05, 0.1) is 25.0 Å². The van der Waals surface area contributed by atoms with Crippen LogP contribution >= 0.6 is 11.8 Å². The summed E-state index contributed by atoms with van der Waals surface area (Å²) in [6, 6.07) is 18.4. The number of morpholine rings is 1. The minimum Gasteiger partial charge on any atom is -0.379 e. The lowest BCUT2D eigenvalue weighted by Crippen LogP contribution is -2.43. The maximum atomic E-state index is 12.6. The summed E-state index contributed by atoms with van der Waals surface area (Å²) in [5.41, 5.74) is 2.35. The third-order valence-corrected chi connectivity index (χ3v) is 5.71. The third kappa shape index (κ3) is 5.59. The quantitative estimate of drug-likeness (QED) is 0.760. The molecule has 2 aromatic rings. The van der Waals surface area contributed by atoms with Crippen molar-refractivity contribution in [1.82, 2.24) is 10.2 Å². The topological polar surface area (TPSA) is 41.6 Å². The van der Waals surface area contributed by atoms with E-state index in [9.17, 15) is 4.79 Å². The lowest BCUT2D eigenvalue weighted by molar-refractivity contribution is -0.119. The molecule has 0 aliphatic carbocycles. The molecule has 5 heteroatoms. The molecule has 0 aromatic heterocycles. The number of rotatable bonds is 7. The Morgan fingerprint density at radius 2 is 1.81 bits per heavy atom. The molecule has 0 unspecified atom stereocenters. The van der Waals surface area contributed by atoms with E-state index in [0.29, 0.717) is 5.75 Å². The maximum Gasteiger partial charge on any atom is 0.230 e. The number of carbonyl (C=O) groups excluding carboxylic acids is 1. The number of nitrogens with zero attached hydrogens (tertiary/aromatic N) is 1. The SMILES string of the molecule is Cc1ccccc1SCC(=O)N[C@H](CN1CCOCC1)c1ccccc1. The van der Waals surface area contributed by atoms with Crippen LogP contribution in [0.25, 0.3) is 0 Å². The number of carbonyl (C=O) groups is 1. The maximum absolute atomic E-state index is 12.6. The van der Waals surface area contributed by atoms with Crippen molar-refractivity contribution in [1.29, 1.82) is 0 Å². The summed E-state index contributed by atoms with van der Waals surface area (Å²) in [4.78, 5) is 16.1. The Morgan fingerprint density at radius 1 is 1.12 bits per heavy atom. The highest BCUT2D eigenvalue weighted by Crippen LogP contribution is 2.22. The second kappa shape index (κ2) is 9.76. The molecule has 4 nitrogen and oxygen atoms in total. The number of nitrogens with one attached hydrogen (secondary N) is 1. The minimum atomic E-state index is -0.000676. The van der Waals surface area contributed by atoms with Gasteiger partial charge in [0.25, 0.3) is 0 Å². The van der Waals surface area contributed by atoms with Gasteiger partial charge < -0.3 is 10.1 Å². The summed E-state index contributed by atoms with van der Waals surface area (Å²) >= 11 is 1.59. The largest absolute Gasteiger partial charge is 0.379 e. The Labute approximate surface area is 159 Å². The van der Waals surface area contributed by atoms with Gasteiger partial charge in [0, 0.05) is 24.5 Å². The molecule has 1 atom stereocenters. The van der Waals surface area contributed by atoms with Crippen molar-refractivity contribution in [2.75, 3.05) is 38.6 Å². The van der Waals surface area contributed by atoms with Crippen molar-refractivity contribution in [3.05, 3.63) is 65.7 Å².